The monoisotopic (exact) mass is 324 g/mol. The van der Waals surface area contributed by atoms with Crippen molar-refractivity contribution in [2.75, 3.05) is 37.7 Å². The van der Waals surface area contributed by atoms with Gasteiger partial charge in [-0.05, 0) is 24.3 Å². The Morgan fingerprint density at radius 1 is 1.26 bits per heavy atom. The Kier molecular flexibility index (Phi) is 4.85. The fourth-order valence-electron chi connectivity index (χ4n) is 2.02. The summed E-state index contributed by atoms with van der Waals surface area (Å²) in [7, 11) is 0. The van der Waals surface area contributed by atoms with Crippen LogP contribution in [0.4, 0.5) is 10.5 Å². The molecule has 4 nitrogen and oxygen atoms in total. The zero-order valence-electron chi connectivity index (χ0n) is 10.7. The molecule has 2 rings (SSSR count). The number of halogens is 1. The molecule has 1 fully saturated rings. The van der Waals surface area contributed by atoms with Crippen molar-refractivity contribution in [1.82, 2.24) is 4.90 Å². The summed E-state index contributed by atoms with van der Waals surface area (Å²) in [6.45, 7) is 6.82. The third-order valence-electron chi connectivity index (χ3n) is 3.05. The molecule has 1 aromatic rings. The SMILES string of the molecule is C=CCOC(=O)N1CCN(c2ccc(Br)cc2)CC1. The topological polar surface area (TPSA) is 32.8 Å². The molecule has 0 bridgehead atoms. The number of anilines is 1. The van der Waals surface area contributed by atoms with E-state index in [1.165, 1.54) is 5.69 Å². The molecule has 0 atom stereocenters. The second kappa shape index (κ2) is 6.61. The van der Waals surface area contributed by atoms with Crippen LogP contribution in [0.1, 0.15) is 0 Å². The van der Waals surface area contributed by atoms with Crippen LogP contribution < -0.4 is 4.90 Å². The van der Waals surface area contributed by atoms with E-state index in [1.807, 2.05) is 12.1 Å². The highest BCUT2D eigenvalue weighted by atomic mass is 79.9. The van der Waals surface area contributed by atoms with Crippen LogP contribution in [0, 0.1) is 0 Å². The summed E-state index contributed by atoms with van der Waals surface area (Å²) in [5, 5.41) is 0. The van der Waals surface area contributed by atoms with Crippen LogP contribution in [0.25, 0.3) is 0 Å². The summed E-state index contributed by atoms with van der Waals surface area (Å²) >= 11 is 3.43. The number of carbonyl (C=O) groups is 1. The van der Waals surface area contributed by atoms with Crippen molar-refractivity contribution >= 4 is 27.7 Å². The van der Waals surface area contributed by atoms with Gasteiger partial charge in [-0.3, -0.25) is 0 Å². The predicted molar refractivity (Wildman–Crippen MR) is 79.5 cm³/mol. The van der Waals surface area contributed by atoms with Crippen LogP contribution in [0.2, 0.25) is 0 Å². The molecular weight excluding hydrogens is 308 g/mol. The van der Waals surface area contributed by atoms with E-state index in [0.29, 0.717) is 13.1 Å². The average molecular weight is 325 g/mol. The number of hydrogen-bond donors (Lipinski definition) is 0. The lowest BCUT2D eigenvalue weighted by Gasteiger charge is -2.35. The minimum atomic E-state index is -0.254. The van der Waals surface area contributed by atoms with Gasteiger partial charge in [0.05, 0.1) is 0 Å². The molecule has 0 N–H and O–H groups in total. The zero-order chi connectivity index (χ0) is 13.7. The predicted octanol–water partition coefficient (Wildman–Crippen LogP) is 2.89. The number of piperazine rings is 1. The van der Waals surface area contributed by atoms with Gasteiger partial charge in [0.1, 0.15) is 6.61 Å². The lowest BCUT2D eigenvalue weighted by atomic mass is 10.2. The number of benzene rings is 1. The van der Waals surface area contributed by atoms with Crippen molar-refractivity contribution in [2.24, 2.45) is 0 Å². The van der Waals surface area contributed by atoms with Crippen molar-refractivity contribution in [3.05, 3.63) is 41.4 Å². The quantitative estimate of drug-likeness (QED) is 0.801. The molecule has 1 aliphatic heterocycles. The van der Waals surface area contributed by atoms with Crippen LogP contribution >= 0.6 is 15.9 Å². The first-order valence-electron chi connectivity index (χ1n) is 6.24. The Bertz CT molecular complexity index is 439. The maximum atomic E-state index is 11.7. The Balaban J connectivity index is 1.86. The fourth-order valence-corrected chi connectivity index (χ4v) is 2.28. The van der Waals surface area contributed by atoms with Crippen molar-refractivity contribution in [1.29, 1.82) is 0 Å². The van der Waals surface area contributed by atoms with Gasteiger partial charge in [-0.25, -0.2) is 4.79 Å². The van der Waals surface area contributed by atoms with Gasteiger partial charge in [0.2, 0.25) is 0 Å². The number of amides is 1. The molecule has 0 unspecified atom stereocenters. The molecule has 1 amide bonds. The number of ether oxygens (including phenoxy) is 1. The smallest absolute Gasteiger partial charge is 0.410 e. The van der Waals surface area contributed by atoms with E-state index in [-0.39, 0.29) is 12.7 Å². The lowest BCUT2D eigenvalue weighted by Crippen LogP contribution is -2.49. The molecule has 19 heavy (non-hydrogen) atoms. The Morgan fingerprint density at radius 3 is 2.47 bits per heavy atom. The molecule has 1 aliphatic rings. The minimum Gasteiger partial charge on any atom is -0.445 e. The summed E-state index contributed by atoms with van der Waals surface area (Å²) in [6, 6.07) is 8.21. The molecule has 0 spiro atoms. The summed E-state index contributed by atoms with van der Waals surface area (Å²) in [5.74, 6) is 0. The van der Waals surface area contributed by atoms with E-state index in [9.17, 15) is 4.79 Å². The highest BCUT2D eigenvalue weighted by molar-refractivity contribution is 9.10. The molecule has 1 heterocycles. The van der Waals surface area contributed by atoms with Crippen LogP contribution in [0.3, 0.4) is 0 Å². The molecule has 0 radical (unpaired) electrons. The van der Waals surface area contributed by atoms with Gasteiger partial charge in [0, 0.05) is 36.3 Å². The number of carbonyl (C=O) groups excluding carboxylic acids is 1. The highest BCUT2D eigenvalue weighted by Gasteiger charge is 2.21. The second-order valence-corrected chi connectivity index (χ2v) is 5.23. The van der Waals surface area contributed by atoms with Crippen LogP contribution in [0.15, 0.2) is 41.4 Å². The van der Waals surface area contributed by atoms with Gasteiger partial charge < -0.3 is 14.5 Å². The van der Waals surface area contributed by atoms with Gasteiger partial charge in [-0.2, -0.15) is 0 Å². The summed E-state index contributed by atoms with van der Waals surface area (Å²) in [6.07, 6.45) is 1.33. The molecule has 0 saturated carbocycles. The van der Waals surface area contributed by atoms with E-state index in [1.54, 1.807) is 11.0 Å². The lowest BCUT2D eigenvalue weighted by molar-refractivity contribution is 0.110. The second-order valence-electron chi connectivity index (χ2n) is 4.32. The maximum absolute atomic E-state index is 11.7. The normalized spacial score (nSPS) is 15.2. The summed E-state index contributed by atoms with van der Waals surface area (Å²) in [5.41, 5.74) is 1.18. The molecule has 1 aromatic carbocycles. The first-order chi connectivity index (χ1) is 9.20. The fraction of sp³-hybridized carbons (Fsp3) is 0.357. The first kappa shape index (κ1) is 13.9. The summed E-state index contributed by atoms with van der Waals surface area (Å²) in [4.78, 5) is 15.7. The molecule has 5 heteroatoms. The van der Waals surface area contributed by atoms with E-state index in [4.69, 9.17) is 4.74 Å². The Hall–Kier alpha value is -1.49. The number of nitrogens with zero attached hydrogens (tertiary/aromatic N) is 2. The number of hydrogen-bond acceptors (Lipinski definition) is 3. The average Bonchev–Trinajstić information content (AvgIpc) is 2.46. The van der Waals surface area contributed by atoms with Crippen molar-refractivity contribution in [3.63, 3.8) is 0 Å². The van der Waals surface area contributed by atoms with E-state index >= 15 is 0 Å². The Labute approximate surface area is 121 Å². The molecule has 102 valence electrons. The van der Waals surface area contributed by atoms with Crippen molar-refractivity contribution < 1.29 is 9.53 Å². The standard InChI is InChI=1S/C14H17BrN2O2/c1-2-11-19-14(18)17-9-7-16(8-10-17)13-5-3-12(15)4-6-13/h2-6H,1,7-11H2. The Morgan fingerprint density at radius 2 is 1.89 bits per heavy atom. The molecule has 0 aliphatic carbocycles. The zero-order valence-corrected chi connectivity index (χ0v) is 12.3. The largest absolute Gasteiger partial charge is 0.445 e. The first-order valence-corrected chi connectivity index (χ1v) is 7.03. The van der Waals surface area contributed by atoms with Crippen LogP contribution in [-0.4, -0.2) is 43.8 Å². The van der Waals surface area contributed by atoms with Crippen LogP contribution in [0.5, 0.6) is 0 Å². The maximum Gasteiger partial charge on any atom is 0.410 e. The van der Waals surface area contributed by atoms with Gasteiger partial charge >= 0.3 is 6.09 Å². The third kappa shape index (κ3) is 3.73. The van der Waals surface area contributed by atoms with Gasteiger partial charge in [0.25, 0.3) is 0 Å². The van der Waals surface area contributed by atoms with E-state index in [2.05, 4.69) is 39.5 Å². The minimum absolute atomic E-state index is 0.254. The van der Waals surface area contributed by atoms with Crippen molar-refractivity contribution in [2.45, 2.75) is 0 Å². The van der Waals surface area contributed by atoms with Gasteiger partial charge in [0.15, 0.2) is 0 Å². The molecule has 0 aromatic heterocycles. The van der Waals surface area contributed by atoms with E-state index in [0.717, 1.165) is 17.6 Å². The third-order valence-corrected chi connectivity index (χ3v) is 3.58. The molecule has 1 saturated heterocycles. The number of rotatable bonds is 3. The van der Waals surface area contributed by atoms with Crippen LogP contribution in [-0.2, 0) is 4.74 Å². The van der Waals surface area contributed by atoms with Crippen molar-refractivity contribution in [3.8, 4) is 0 Å². The molecular formula is C14H17BrN2O2. The van der Waals surface area contributed by atoms with Gasteiger partial charge in [-0.15, -0.1) is 0 Å². The van der Waals surface area contributed by atoms with E-state index < -0.39 is 0 Å². The summed E-state index contributed by atoms with van der Waals surface area (Å²) < 4.78 is 6.10. The highest BCUT2D eigenvalue weighted by Crippen LogP contribution is 2.19. The van der Waals surface area contributed by atoms with Gasteiger partial charge in [-0.1, -0.05) is 28.6 Å².